The Morgan fingerprint density at radius 3 is 3.08 bits per heavy atom. The number of rotatable bonds is 1. The zero-order valence-electron chi connectivity index (χ0n) is 6.92. The van der Waals surface area contributed by atoms with Crippen LogP contribution in [0.25, 0.3) is 10.9 Å². The highest BCUT2D eigenvalue weighted by Crippen LogP contribution is 2.41. The Kier molecular flexibility index (Phi) is 1.38. The molecule has 0 atom stereocenters. The van der Waals surface area contributed by atoms with Crippen molar-refractivity contribution in [2.45, 2.75) is 18.8 Å². The van der Waals surface area contributed by atoms with Gasteiger partial charge in [0.1, 0.15) is 5.15 Å². The van der Waals surface area contributed by atoms with Crippen molar-refractivity contribution < 1.29 is 0 Å². The van der Waals surface area contributed by atoms with Crippen LogP contribution in [0.4, 0.5) is 0 Å². The molecule has 2 heterocycles. The lowest BCUT2D eigenvalue weighted by atomic mass is 10.2. The lowest BCUT2D eigenvalue weighted by Gasteiger charge is -1.92. The number of nitrogens with one attached hydrogen (secondary N) is 1. The molecule has 0 radical (unpaired) electrons. The summed E-state index contributed by atoms with van der Waals surface area (Å²) in [5.41, 5.74) is 2.14. The van der Waals surface area contributed by atoms with Crippen LogP contribution < -0.4 is 0 Å². The summed E-state index contributed by atoms with van der Waals surface area (Å²) < 4.78 is 0. The van der Waals surface area contributed by atoms with E-state index in [0.29, 0.717) is 11.1 Å². The van der Waals surface area contributed by atoms with E-state index in [-0.39, 0.29) is 0 Å². The van der Waals surface area contributed by atoms with Crippen LogP contribution in [0.1, 0.15) is 24.5 Å². The molecule has 1 fully saturated rings. The predicted molar refractivity (Wildman–Crippen MR) is 50.9 cm³/mol. The molecule has 3 nitrogen and oxygen atoms in total. The SMILES string of the molecule is Clc1cc2n[nH]c(C3CC3)c2cn1. The van der Waals surface area contributed by atoms with Crippen molar-refractivity contribution >= 4 is 22.5 Å². The number of nitrogens with zero attached hydrogens (tertiary/aromatic N) is 2. The van der Waals surface area contributed by atoms with Crippen LogP contribution in [0.5, 0.6) is 0 Å². The molecule has 1 N–H and O–H groups in total. The van der Waals surface area contributed by atoms with Gasteiger partial charge in [-0.15, -0.1) is 0 Å². The number of aromatic amines is 1. The standard InChI is InChI=1S/C9H8ClN3/c10-8-3-7-6(4-11-8)9(13-12-7)5-1-2-5/h3-5H,1-2H2,(H,12,13). The first-order chi connectivity index (χ1) is 6.34. The summed E-state index contributed by atoms with van der Waals surface area (Å²) in [6.07, 6.45) is 4.33. The van der Waals surface area contributed by atoms with Gasteiger partial charge in [0.05, 0.1) is 5.52 Å². The van der Waals surface area contributed by atoms with Crippen molar-refractivity contribution in [2.75, 3.05) is 0 Å². The summed E-state index contributed by atoms with van der Waals surface area (Å²) in [6, 6.07) is 1.79. The molecule has 1 saturated carbocycles. The van der Waals surface area contributed by atoms with Gasteiger partial charge in [-0.25, -0.2) is 4.98 Å². The second kappa shape index (κ2) is 2.45. The molecule has 2 aromatic heterocycles. The Morgan fingerprint density at radius 2 is 2.31 bits per heavy atom. The highest BCUT2D eigenvalue weighted by Gasteiger charge is 2.27. The smallest absolute Gasteiger partial charge is 0.131 e. The molecule has 13 heavy (non-hydrogen) atoms. The lowest BCUT2D eigenvalue weighted by Crippen LogP contribution is -1.80. The summed E-state index contributed by atoms with van der Waals surface area (Å²) in [7, 11) is 0. The third-order valence-corrected chi connectivity index (χ3v) is 2.63. The van der Waals surface area contributed by atoms with Gasteiger partial charge < -0.3 is 0 Å². The molecule has 3 rings (SSSR count). The molecule has 0 aliphatic heterocycles. The Hall–Kier alpha value is -1.09. The van der Waals surface area contributed by atoms with E-state index < -0.39 is 0 Å². The Bertz CT molecular complexity index is 459. The van der Waals surface area contributed by atoms with E-state index in [0.717, 1.165) is 10.9 Å². The number of fused-ring (bicyclic) bond motifs is 1. The van der Waals surface area contributed by atoms with Crippen LogP contribution in [0, 0.1) is 0 Å². The second-order valence-corrected chi connectivity index (χ2v) is 3.82. The molecule has 0 amide bonds. The second-order valence-electron chi connectivity index (χ2n) is 3.44. The van der Waals surface area contributed by atoms with E-state index in [1.807, 2.05) is 0 Å². The first kappa shape index (κ1) is 7.33. The van der Waals surface area contributed by atoms with E-state index in [9.17, 15) is 0 Å². The van der Waals surface area contributed by atoms with E-state index in [1.54, 1.807) is 12.3 Å². The van der Waals surface area contributed by atoms with Crippen molar-refractivity contribution in [1.29, 1.82) is 0 Å². The number of aromatic nitrogens is 3. The average molecular weight is 194 g/mol. The minimum absolute atomic E-state index is 0.501. The third-order valence-electron chi connectivity index (χ3n) is 2.42. The topological polar surface area (TPSA) is 41.6 Å². The van der Waals surface area contributed by atoms with Crippen LogP contribution in [-0.2, 0) is 0 Å². The maximum atomic E-state index is 5.76. The van der Waals surface area contributed by atoms with Gasteiger partial charge in [0.2, 0.25) is 0 Å². The average Bonchev–Trinajstić information content (AvgIpc) is 2.87. The molecule has 4 heteroatoms. The normalized spacial score (nSPS) is 16.7. The maximum Gasteiger partial charge on any atom is 0.131 e. The molecule has 66 valence electrons. The van der Waals surface area contributed by atoms with Gasteiger partial charge in [-0.3, -0.25) is 5.10 Å². The largest absolute Gasteiger partial charge is 0.281 e. The molecule has 0 unspecified atom stereocenters. The Balaban J connectivity index is 2.26. The minimum Gasteiger partial charge on any atom is -0.281 e. The predicted octanol–water partition coefficient (Wildman–Crippen LogP) is 2.49. The van der Waals surface area contributed by atoms with Gasteiger partial charge in [0, 0.05) is 29.3 Å². The number of halogens is 1. The third kappa shape index (κ3) is 1.11. The maximum absolute atomic E-state index is 5.76. The van der Waals surface area contributed by atoms with Gasteiger partial charge >= 0.3 is 0 Å². The zero-order chi connectivity index (χ0) is 8.84. The number of H-pyrrole nitrogens is 1. The zero-order valence-corrected chi connectivity index (χ0v) is 7.67. The Labute approximate surface area is 80.1 Å². The Morgan fingerprint density at radius 1 is 1.46 bits per heavy atom. The van der Waals surface area contributed by atoms with Crippen molar-refractivity contribution in [2.24, 2.45) is 0 Å². The van der Waals surface area contributed by atoms with Gasteiger partial charge in [-0.05, 0) is 12.8 Å². The summed E-state index contributed by atoms with van der Waals surface area (Å²) in [5.74, 6) is 0.674. The first-order valence-electron chi connectivity index (χ1n) is 4.34. The lowest BCUT2D eigenvalue weighted by molar-refractivity contribution is 0.978. The van der Waals surface area contributed by atoms with Crippen LogP contribution in [0.3, 0.4) is 0 Å². The summed E-state index contributed by atoms with van der Waals surface area (Å²) >= 11 is 5.76. The van der Waals surface area contributed by atoms with Crippen LogP contribution in [0.2, 0.25) is 5.15 Å². The molecule has 0 saturated heterocycles. The van der Waals surface area contributed by atoms with Gasteiger partial charge in [-0.2, -0.15) is 5.10 Å². The van der Waals surface area contributed by atoms with Gasteiger partial charge in [0.25, 0.3) is 0 Å². The molecule has 1 aliphatic rings. The molecule has 0 bridgehead atoms. The van der Waals surface area contributed by atoms with E-state index in [2.05, 4.69) is 15.2 Å². The van der Waals surface area contributed by atoms with Crippen molar-refractivity contribution in [1.82, 2.24) is 15.2 Å². The minimum atomic E-state index is 0.501. The molecular formula is C9H8ClN3. The van der Waals surface area contributed by atoms with Crippen LogP contribution in [-0.4, -0.2) is 15.2 Å². The van der Waals surface area contributed by atoms with Gasteiger partial charge in [0.15, 0.2) is 0 Å². The number of pyridine rings is 1. The molecule has 1 aliphatic carbocycles. The van der Waals surface area contributed by atoms with E-state index in [4.69, 9.17) is 11.6 Å². The highest BCUT2D eigenvalue weighted by molar-refractivity contribution is 6.30. The molecule has 0 aromatic carbocycles. The van der Waals surface area contributed by atoms with E-state index >= 15 is 0 Å². The fourth-order valence-corrected chi connectivity index (χ4v) is 1.74. The summed E-state index contributed by atoms with van der Waals surface area (Å²) in [6.45, 7) is 0. The van der Waals surface area contributed by atoms with Crippen LogP contribution in [0.15, 0.2) is 12.3 Å². The van der Waals surface area contributed by atoms with E-state index in [1.165, 1.54) is 18.5 Å². The summed E-state index contributed by atoms with van der Waals surface area (Å²) in [5, 5.41) is 8.86. The highest BCUT2D eigenvalue weighted by atomic mass is 35.5. The fourth-order valence-electron chi connectivity index (χ4n) is 1.58. The molecular weight excluding hydrogens is 186 g/mol. The first-order valence-corrected chi connectivity index (χ1v) is 4.72. The van der Waals surface area contributed by atoms with Gasteiger partial charge in [-0.1, -0.05) is 11.6 Å². The van der Waals surface area contributed by atoms with Crippen molar-refractivity contribution in [3.8, 4) is 0 Å². The van der Waals surface area contributed by atoms with Crippen LogP contribution >= 0.6 is 11.6 Å². The quantitative estimate of drug-likeness (QED) is 0.707. The summed E-state index contributed by atoms with van der Waals surface area (Å²) in [4.78, 5) is 4.06. The molecule has 0 spiro atoms. The monoisotopic (exact) mass is 193 g/mol. The van der Waals surface area contributed by atoms with Crippen molar-refractivity contribution in [3.63, 3.8) is 0 Å². The number of hydrogen-bond acceptors (Lipinski definition) is 2. The molecule has 2 aromatic rings. The fraction of sp³-hybridized carbons (Fsp3) is 0.333. The number of hydrogen-bond donors (Lipinski definition) is 1. The van der Waals surface area contributed by atoms with Crippen molar-refractivity contribution in [3.05, 3.63) is 23.1 Å².